The van der Waals surface area contributed by atoms with E-state index in [2.05, 4.69) is 15.5 Å². The Balaban J connectivity index is 1.67. The van der Waals surface area contributed by atoms with Gasteiger partial charge in [-0.15, -0.1) is 10.2 Å². The Morgan fingerprint density at radius 2 is 1.57 bits per heavy atom. The summed E-state index contributed by atoms with van der Waals surface area (Å²) in [5.41, 5.74) is 2.29. The quantitative estimate of drug-likeness (QED) is 0.438. The molecule has 0 spiro atoms. The Kier molecular flexibility index (Phi) is 5.90. The number of para-hydroxylation sites is 1. The van der Waals surface area contributed by atoms with E-state index in [1.54, 1.807) is 0 Å². The lowest BCUT2D eigenvalue weighted by Crippen LogP contribution is -2.19. The number of amides is 1. The first-order valence-corrected chi connectivity index (χ1v) is 10.3. The molecule has 0 saturated heterocycles. The van der Waals surface area contributed by atoms with Crippen LogP contribution < -0.4 is 5.32 Å². The summed E-state index contributed by atoms with van der Waals surface area (Å²) in [5.74, 6) is 0.154. The Morgan fingerprint density at radius 1 is 0.933 bits per heavy atom. The summed E-state index contributed by atoms with van der Waals surface area (Å²) < 4.78 is 15.1. The van der Waals surface area contributed by atoms with Crippen molar-refractivity contribution in [2.75, 3.05) is 5.32 Å². The molecule has 1 aromatic heterocycles. The number of hydrogen-bond donors (Lipinski definition) is 1. The Morgan fingerprint density at radius 3 is 2.23 bits per heavy atom. The second kappa shape index (κ2) is 8.92. The number of benzene rings is 3. The molecule has 1 amide bonds. The van der Waals surface area contributed by atoms with E-state index in [0.29, 0.717) is 10.8 Å². The topological polar surface area (TPSA) is 59.8 Å². The van der Waals surface area contributed by atoms with Crippen molar-refractivity contribution >= 4 is 23.4 Å². The molecule has 3 aromatic carbocycles. The molecule has 1 unspecified atom stereocenters. The van der Waals surface area contributed by atoms with Crippen molar-refractivity contribution < 1.29 is 9.18 Å². The third-order valence-corrected chi connectivity index (χ3v) is 5.68. The van der Waals surface area contributed by atoms with Crippen LogP contribution in [0.25, 0.3) is 5.69 Å². The molecule has 0 fully saturated rings. The molecule has 1 N–H and O–H groups in total. The normalized spacial score (nSPS) is 11.8. The van der Waals surface area contributed by atoms with Crippen molar-refractivity contribution in [3.05, 3.63) is 102 Å². The van der Waals surface area contributed by atoms with E-state index in [1.165, 1.54) is 36.0 Å². The van der Waals surface area contributed by atoms with Gasteiger partial charge in [0, 0.05) is 11.4 Å². The molecular weight excluding hydrogens is 399 g/mol. The predicted molar refractivity (Wildman–Crippen MR) is 116 cm³/mol. The highest BCUT2D eigenvalue weighted by Gasteiger charge is 2.25. The van der Waals surface area contributed by atoms with Crippen molar-refractivity contribution in [1.82, 2.24) is 14.8 Å². The zero-order valence-corrected chi connectivity index (χ0v) is 17.0. The summed E-state index contributed by atoms with van der Waals surface area (Å²) in [6, 6.07) is 25.0. The van der Waals surface area contributed by atoms with Crippen molar-refractivity contribution in [2.45, 2.75) is 17.3 Å². The van der Waals surface area contributed by atoms with Gasteiger partial charge >= 0.3 is 0 Å². The van der Waals surface area contributed by atoms with Gasteiger partial charge in [-0.3, -0.25) is 9.36 Å². The van der Waals surface area contributed by atoms with Crippen LogP contribution in [0.5, 0.6) is 0 Å². The summed E-state index contributed by atoms with van der Waals surface area (Å²) in [4.78, 5) is 13.2. The third kappa shape index (κ3) is 4.41. The number of halogens is 1. The smallest absolute Gasteiger partial charge is 0.242 e. The molecule has 0 bridgehead atoms. The van der Waals surface area contributed by atoms with Gasteiger partial charge in [-0.2, -0.15) is 0 Å². The minimum atomic E-state index is -0.567. The predicted octanol–water partition coefficient (Wildman–Crippen LogP) is 5.19. The second-order valence-corrected chi connectivity index (χ2v) is 7.68. The van der Waals surface area contributed by atoms with Gasteiger partial charge in [0.05, 0.1) is 0 Å². The van der Waals surface area contributed by atoms with Crippen LogP contribution >= 0.6 is 11.8 Å². The van der Waals surface area contributed by atoms with Gasteiger partial charge in [0.25, 0.3) is 0 Å². The number of thioether (sulfide) groups is 1. The monoisotopic (exact) mass is 418 g/mol. The van der Waals surface area contributed by atoms with Crippen LogP contribution in [0, 0.1) is 12.7 Å². The maximum atomic E-state index is 13.2. The number of nitrogens with zero attached hydrogens (tertiary/aromatic N) is 3. The number of carbonyl (C=O) groups is 1. The van der Waals surface area contributed by atoms with E-state index < -0.39 is 5.25 Å². The zero-order valence-electron chi connectivity index (χ0n) is 16.2. The molecule has 4 rings (SSSR count). The van der Waals surface area contributed by atoms with E-state index in [9.17, 15) is 9.18 Å². The fourth-order valence-corrected chi connectivity index (χ4v) is 4.14. The fourth-order valence-electron chi connectivity index (χ4n) is 3.04. The second-order valence-electron chi connectivity index (χ2n) is 6.61. The van der Waals surface area contributed by atoms with E-state index in [0.717, 1.165) is 17.1 Å². The number of carbonyl (C=O) groups excluding carboxylic acids is 1. The summed E-state index contributed by atoms with van der Waals surface area (Å²) in [7, 11) is 0. The molecule has 0 saturated carbocycles. The largest absolute Gasteiger partial charge is 0.325 e. The first-order valence-electron chi connectivity index (χ1n) is 9.37. The van der Waals surface area contributed by atoms with Crippen LogP contribution in [-0.2, 0) is 4.79 Å². The lowest BCUT2D eigenvalue weighted by molar-refractivity contribution is -0.115. The Labute approximate surface area is 178 Å². The molecule has 0 radical (unpaired) electrons. The maximum Gasteiger partial charge on any atom is 0.242 e. The third-order valence-electron chi connectivity index (χ3n) is 4.49. The number of aryl methyl sites for hydroxylation is 1. The molecule has 4 aromatic rings. The average Bonchev–Trinajstić information content (AvgIpc) is 3.15. The molecule has 0 aliphatic rings. The maximum absolute atomic E-state index is 13.2. The van der Waals surface area contributed by atoms with E-state index >= 15 is 0 Å². The molecule has 1 heterocycles. The van der Waals surface area contributed by atoms with Gasteiger partial charge in [-0.05, 0) is 48.9 Å². The molecule has 7 heteroatoms. The van der Waals surface area contributed by atoms with E-state index in [4.69, 9.17) is 0 Å². The van der Waals surface area contributed by atoms with Crippen LogP contribution in [0.3, 0.4) is 0 Å². The van der Waals surface area contributed by atoms with Crippen molar-refractivity contribution in [3.8, 4) is 5.69 Å². The Bertz CT molecular complexity index is 1130. The average molecular weight is 418 g/mol. The SMILES string of the molecule is Cc1nnc(SC(C(=O)Nc2ccc(F)cc2)c2ccccc2)n1-c1ccccc1. The number of anilines is 1. The van der Waals surface area contributed by atoms with Crippen LogP contribution in [0.4, 0.5) is 10.1 Å². The minimum absolute atomic E-state index is 0.224. The number of rotatable bonds is 6. The standard InChI is InChI=1S/C23H19FN4OS/c1-16-26-27-23(28(16)20-10-6-3-7-11-20)30-21(17-8-4-2-5-9-17)22(29)25-19-14-12-18(24)13-15-19/h2-15,21H,1H3,(H,25,29). The van der Waals surface area contributed by atoms with Crippen molar-refractivity contribution in [1.29, 1.82) is 0 Å². The summed E-state index contributed by atoms with van der Waals surface area (Å²) in [6.45, 7) is 1.88. The zero-order chi connectivity index (χ0) is 20.9. The first kappa shape index (κ1) is 19.8. The summed E-state index contributed by atoms with van der Waals surface area (Å²) >= 11 is 1.32. The number of hydrogen-bond acceptors (Lipinski definition) is 4. The highest BCUT2D eigenvalue weighted by atomic mass is 32.2. The van der Waals surface area contributed by atoms with Crippen LogP contribution in [0.15, 0.2) is 90.1 Å². The van der Waals surface area contributed by atoms with Crippen LogP contribution in [0.2, 0.25) is 0 Å². The number of aromatic nitrogens is 3. The fraction of sp³-hybridized carbons (Fsp3) is 0.0870. The van der Waals surface area contributed by atoms with Gasteiger partial charge in [0.15, 0.2) is 5.16 Å². The molecule has 30 heavy (non-hydrogen) atoms. The first-order chi connectivity index (χ1) is 14.6. The molecular formula is C23H19FN4OS. The molecule has 5 nitrogen and oxygen atoms in total. The molecule has 150 valence electrons. The van der Waals surface area contributed by atoms with Crippen LogP contribution in [-0.4, -0.2) is 20.7 Å². The van der Waals surface area contributed by atoms with E-state index in [-0.39, 0.29) is 11.7 Å². The van der Waals surface area contributed by atoms with Crippen molar-refractivity contribution in [3.63, 3.8) is 0 Å². The highest BCUT2D eigenvalue weighted by molar-refractivity contribution is 8.00. The lowest BCUT2D eigenvalue weighted by atomic mass is 10.1. The van der Waals surface area contributed by atoms with Gasteiger partial charge in [-0.25, -0.2) is 4.39 Å². The number of nitrogens with one attached hydrogen (secondary N) is 1. The highest BCUT2D eigenvalue weighted by Crippen LogP contribution is 2.36. The molecule has 0 aliphatic heterocycles. The Hall–Kier alpha value is -3.45. The summed E-state index contributed by atoms with van der Waals surface area (Å²) in [6.07, 6.45) is 0. The summed E-state index contributed by atoms with van der Waals surface area (Å²) in [5, 5.41) is 11.4. The minimum Gasteiger partial charge on any atom is -0.325 e. The van der Waals surface area contributed by atoms with Crippen molar-refractivity contribution in [2.24, 2.45) is 0 Å². The van der Waals surface area contributed by atoms with Gasteiger partial charge in [0.2, 0.25) is 5.91 Å². The van der Waals surface area contributed by atoms with Gasteiger partial charge < -0.3 is 5.32 Å². The van der Waals surface area contributed by atoms with Gasteiger partial charge in [0.1, 0.15) is 16.9 Å². The van der Waals surface area contributed by atoms with E-state index in [1.807, 2.05) is 72.2 Å². The molecule has 1 atom stereocenters. The molecule has 0 aliphatic carbocycles. The van der Waals surface area contributed by atoms with Crippen LogP contribution in [0.1, 0.15) is 16.6 Å². The van der Waals surface area contributed by atoms with Gasteiger partial charge in [-0.1, -0.05) is 60.3 Å². The lowest BCUT2D eigenvalue weighted by Gasteiger charge is -2.17.